The van der Waals surface area contributed by atoms with Gasteiger partial charge in [-0.15, -0.1) is 0 Å². The first-order valence-corrected chi connectivity index (χ1v) is 7.18. The highest BCUT2D eigenvalue weighted by molar-refractivity contribution is 5.64. The summed E-state index contributed by atoms with van der Waals surface area (Å²) in [4.78, 5) is 0. The van der Waals surface area contributed by atoms with Crippen molar-refractivity contribution in [1.82, 2.24) is 5.32 Å². The molecule has 0 aromatic heterocycles. The lowest BCUT2D eigenvalue weighted by atomic mass is 9.99. The van der Waals surface area contributed by atoms with E-state index in [9.17, 15) is 0 Å². The van der Waals surface area contributed by atoms with Crippen molar-refractivity contribution in [2.24, 2.45) is 5.92 Å². The molecule has 20 heavy (non-hydrogen) atoms. The van der Waals surface area contributed by atoms with E-state index in [1.54, 1.807) is 7.11 Å². The summed E-state index contributed by atoms with van der Waals surface area (Å²) < 4.78 is 11.4. The number of rotatable bonds is 7. The Morgan fingerprint density at radius 1 is 1.25 bits per heavy atom. The Kier molecular flexibility index (Phi) is 6.59. The first-order chi connectivity index (χ1) is 9.49. The second-order valence-electron chi connectivity index (χ2n) is 5.45. The topological polar surface area (TPSA) is 30.5 Å². The molecule has 0 bridgehead atoms. The lowest BCUT2D eigenvalue weighted by molar-refractivity contribution is 0.229. The molecule has 0 fully saturated rings. The molecular weight excluding hydrogens is 250 g/mol. The van der Waals surface area contributed by atoms with Crippen molar-refractivity contribution < 1.29 is 9.47 Å². The molecule has 0 atom stereocenters. The zero-order valence-corrected chi connectivity index (χ0v) is 13.5. The maximum Gasteiger partial charge on any atom is 0.168 e. The fraction of sp³-hybridized carbons (Fsp3) is 0.529. The molecule has 0 radical (unpaired) electrons. The van der Waals surface area contributed by atoms with Crippen LogP contribution in [0.1, 0.15) is 33.3 Å². The second kappa shape index (κ2) is 7.95. The summed E-state index contributed by atoms with van der Waals surface area (Å²) in [5.41, 5.74) is 2.41. The molecule has 3 nitrogen and oxygen atoms in total. The third-order valence-corrected chi connectivity index (χ3v) is 3.05. The third kappa shape index (κ3) is 4.57. The van der Waals surface area contributed by atoms with E-state index in [2.05, 4.69) is 31.3 Å². The van der Waals surface area contributed by atoms with Crippen LogP contribution in [0.25, 0.3) is 6.08 Å². The number of para-hydroxylation sites is 1. The predicted molar refractivity (Wildman–Crippen MR) is 85.5 cm³/mol. The Balaban J connectivity index is 3.24. The van der Waals surface area contributed by atoms with E-state index in [4.69, 9.17) is 9.47 Å². The molecule has 0 aliphatic carbocycles. The van der Waals surface area contributed by atoms with E-state index in [0.717, 1.165) is 23.6 Å². The molecule has 1 aromatic rings. The first kappa shape index (κ1) is 16.6. The van der Waals surface area contributed by atoms with Crippen molar-refractivity contribution in [3.8, 4) is 11.5 Å². The Morgan fingerprint density at radius 3 is 2.45 bits per heavy atom. The van der Waals surface area contributed by atoms with E-state index in [1.807, 2.05) is 33.0 Å². The fourth-order valence-corrected chi connectivity index (χ4v) is 1.99. The van der Waals surface area contributed by atoms with Crippen LogP contribution in [-0.2, 0) is 0 Å². The summed E-state index contributed by atoms with van der Waals surface area (Å²) in [6, 6.07) is 6.00. The van der Waals surface area contributed by atoms with Crippen LogP contribution >= 0.6 is 0 Å². The molecule has 1 rings (SSSR count). The predicted octanol–water partition coefficient (Wildman–Crippen LogP) is 3.74. The summed E-state index contributed by atoms with van der Waals surface area (Å²) in [6.45, 7) is 9.32. The molecule has 0 amide bonds. The van der Waals surface area contributed by atoms with Crippen molar-refractivity contribution in [3.63, 3.8) is 0 Å². The number of nitrogens with one attached hydrogen (secondary N) is 1. The summed E-state index contributed by atoms with van der Waals surface area (Å²) in [6.07, 6.45) is 2.31. The van der Waals surface area contributed by atoms with E-state index in [1.165, 1.54) is 5.57 Å². The summed E-state index contributed by atoms with van der Waals surface area (Å²) in [5.74, 6) is 2.08. The Morgan fingerprint density at radius 2 is 1.95 bits per heavy atom. The summed E-state index contributed by atoms with van der Waals surface area (Å²) in [7, 11) is 3.64. The Hall–Kier alpha value is -1.48. The van der Waals surface area contributed by atoms with Gasteiger partial charge < -0.3 is 14.8 Å². The third-order valence-electron chi connectivity index (χ3n) is 3.05. The van der Waals surface area contributed by atoms with Crippen molar-refractivity contribution in [1.29, 1.82) is 0 Å². The van der Waals surface area contributed by atoms with Gasteiger partial charge in [-0.05, 0) is 32.9 Å². The van der Waals surface area contributed by atoms with Crippen molar-refractivity contribution in [3.05, 3.63) is 29.3 Å². The lowest BCUT2D eigenvalue weighted by Gasteiger charge is -2.17. The first-order valence-electron chi connectivity index (χ1n) is 7.18. The van der Waals surface area contributed by atoms with Gasteiger partial charge in [-0.1, -0.05) is 37.6 Å². The fourth-order valence-electron chi connectivity index (χ4n) is 1.99. The molecule has 112 valence electrons. The lowest BCUT2D eigenvalue weighted by Crippen LogP contribution is -2.14. The zero-order chi connectivity index (χ0) is 15.1. The van der Waals surface area contributed by atoms with E-state index in [-0.39, 0.29) is 6.10 Å². The molecule has 1 N–H and O–H groups in total. The Bertz CT molecular complexity index is 450. The van der Waals surface area contributed by atoms with Crippen molar-refractivity contribution in [2.45, 2.75) is 33.8 Å². The molecule has 0 unspecified atom stereocenters. The quantitative estimate of drug-likeness (QED) is 0.823. The number of ether oxygens (including phenoxy) is 2. The minimum atomic E-state index is 0.116. The summed E-state index contributed by atoms with van der Waals surface area (Å²) >= 11 is 0. The molecule has 3 heteroatoms. The van der Waals surface area contributed by atoms with Crippen LogP contribution < -0.4 is 14.8 Å². The van der Waals surface area contributed by atoms with E-state index < -0.39 is 0 Å². The molecule has 0 aliphatic heterocycles. The summed E-state index contributed by atoms with van der Waals surface area (Å²) in [5, 5.41) is 3.22. The molecule has 0 spiro atoms. The maximum atomic E-state index is 5.94. The largest absolute Gasteiger partial charge is 0.493 e. The highest BCUT2D eigenvalue weighted by Gasteiger charge is 2.12. The van der Waals surface area contributed by atoms with Gasteiger partial charge in [0, 0.05) is 12.1 Å². The molecule has 1 aromatic carbocycles. The molecule has 0 saturated carbocycles. The van der Waals surface area contributed by atoms with Gasteiger partial charge in [0.05, 0.1) is 13.2 Å². The number of hydrogen-bond acceptors (Lipinski definition) is 3. The zero-order valence-electron chi connectivity index (χ0n) is 13.5. The SMILES string of the molecule is CNCC(=Cc1cccc(OC)c1OC(C)C)C(C)C. The smallest absolute Gasteiger partial charge is 0.168 e. The minimum absolute atomic E-state index is 0.116. The average molecular weight is 277 g/mol. The molecule has 0 heterocycles. The van der Waals surface area contributed by atoms with Crippen LogP contribution in [-0.4, -0.2) is 26.8 Å². The van der Waals surface area contributed by atoms with Crippen LogP contribution in [0, 0.1) is 5.92 Å². The van der Waals surface area contributed by atoms with Crippen molar-refractivity contribution >= 4 is 6.08 Å². The van der Waals surface area contributed by atoms with Gasteiger partial charge in [-0.25, -0.2) is 0 Å². The van der Waals surface area contributed by atoms with Gasteiger partial charge in [-0.2, -0.15) is 0 Å². The van der Waals surface area contributed by atoms with Gasteiger partial charge in [-0.3, -0.25) is 0 Å². The van der Waals surface area contributed by atoms with Gasteiger partial charge in [0.1, 0.15) is 0 Å². The highest BCUT2D eigenvalue weighted by atomic mass is 16.5. The number of methoxy groups -OCH3 is 1. The van der Waals surface area contributed by atoms with Crippen LogP contribution in [0.15, 0.2) is 23.8 Å². The van der Waals surface area contributed by atoms with Gasteiger partial charge >= 0.3 is 0 Å². The van der Waals surface area contributed by atoms with Crippen LogP contribution in [0.2, 0.25) is 0 Å². The molecular formula is C17H27NO2. The van der Waals surface area contributed by atoms with Gasteiger partial charge in [0.25, 0.3) is 0 Å². The van der Waals surface area contributed by atoms with E-state index >= 15 is 0 Å². The van der Waals surface area contributed by atoms with Crippen LogP contribution in [0.4, 0.5) is 0 Å². The van der Waals surface area contributed by atoms with Crippen LogP contribution in [0.5, 0.6) is 11.5 Å². The monoisotopic (exact) mass is 277 g/mol. The maximum absolute atomic E-state index is 5.94. The second-order valence-corrected chi connectivity index (χ2v) is 5.45. The normalized spacial score (nSPS) is 12.1. The molecule has 0 saturated heterocycles. The number of benzene rings is 1. The average Bonchev–Trinajstić information content (AvgIpc) is 2.39. The highest BCUT2D eigenvalue weighted by Crippen LogP contribution is 2.34. The van der Waals surface area contributed by atoms with Crippen molar-refractivity contribution in [2.75, 3.05) is 20.7 Å². The number of hydrogen-bond donors (Lipinski definition) is 1. The van der Waals surface area contributed by atoms with Crippen LogP contribution in [0.3, 0.4) is 0 Å². The number of likely N-dealkylation sites (N-methyl/N-ethyl adjacent to an activating group) is 1. The van der Waals surface area contributed by atoms with Gasteiger partial charge in [0.2, 0.25) is 0 Å². The Labute approximate surface area is 123 Å². The minimum Gasteiger partial charge on any atom is -0.493 e. The molecule has 0 aliphatic rings. The standard InChI is InChI=1S/C17H27NO2/c1-12(2)15(11-18-5)10-14-8-7-9-16(19-6)17(14)20-13(3)4/h7-10,12-13,18H,11H2,1-6H3. The van der Waals surface area contributed by atoms with Gasteiger partial charge in [0.15, 0.2) is 11.5 Å². The van der Waals surface area contributed by atoms with E-state index in [0.29, 0.717) is 5.92 Å².